The molecule has 1 radical (unpaired) electrons. The number of carbonyl (C=O) groups is 1. The summed E-state index contributed by atoms with van der Waals surface area (Å²) in [4.78, 5) is 12.1. The number of alkyl halides is 1. The van der Waals surface area contributed by atoms with Crippen molar-refractivity contribution in [3.63, 3.8) is 0 Å². The van der Waals surface area contributed by atoms with Crippen LogP contribution in [-0.2, 0) is 17.6 Å². The van der Waals surface area contributed by atoms with Gasteiger partial charge in [0.05, 0.1) is 0 Å². The Bertz CT molecular complexity index is 395. The summed E-state index contributed by atoms with van der Waals surface area (Å²) in [6.45, 7) is 7.94. The molecule has 0 aromatic heterocycles. The smallest absolute Gasteiger partial charge is 0.242 e. The van der Waals surface area contributed by atoms with Crippen molar-refractivity contribution in [2.75, 3.05) is 5.32 Å². The fourth-order valence-corrected chi connectivity index (χ4v) is 2.27. The van der Waals surface area contributed by atoms with E-state index in [4.69, 9.17) is 11.6 Å². The van der Waals surface area contributed by atoms with Gasteiger partial charge in [-0.05, 0) is 30.4 Å². The normalized spacial score (nSPS) is 12.2. The number of aryl methyl sites for hydroxylation is 2. The summed E-state index contributed by atoms with van der Waals surface area (Å²) < 4.78 is 0. The topological polar surface area (TPSA) is 29.1 Å². The predicted octanol–water partition coefficient (Wildman–Crippen LogP) is 4.36. The molecule has 2 nitrogen and oxygen atoms in total. The molecule has 1 amide bonds. The second-order valence-corrected chi connectivity index (χ2v) is 5.14. The first-order valence-electron chi connectivity index (χ1n) is 6.98. The first kappa shape index (κ1) is 16.0. The van der Waals surface area contributed by atoms with Crippen LogP contribution in [0.4, 0.5) is 5.69 Å². The summed E-state index contributed by atoms with van der Waals surface area (Å²) in [5, 5.41) is 2.52. The molecule has 0 aliphatic rings. The summed E-state index contributed by atoms with van der Waals surface area (Å²) >= 11 is 6.11. The van der Waals surface area contributed by atoms with Crippen LogP contribution < -0.4 is 5.32 Å². The van der Waals surface area contributed by atoms with Gasteiger partial charge in [0.25, 0.3) is 0 Å². The highest BCUT2D eigenvalue weighted by molar-refractivity contribution is 6.32. The molecule has 0 spiro atoms. The number of halogens is 1. The second-order valence-electron chi connectivity index (χ2n) is 4.61. The van der Waals surface area contributed by atoms with Crippen molar-refractivity contribution in [1.29, 1.82) is 0 Å². The molecular formula is C16H23ClNO. The highest BCUT2D eigenvalue weighted by atomic mass is 35.5. The minimum atomic E-state index is -0.476. The third-order valence-electron chi connectivity index (χ3n) is 3.24. The number of rotatable bonds is 7. The van der Waals surface area contributed by atoms with Crippen LogP contribution in [0.25, 0.3) is 0 Å². The molecule has 1 aromatic rings. The molecule has 19 heavy (non-hydrogen) atoms. The van der Waals surface area contributed by atoms with Crippen LogP contribution in [0.3, 0.4) is 0 Å². The van der Waals surface area contributed by atoms with Crippen molar-refractivity contribution in [1.82, 2.24) is 0 Å². The summed E-state index contributed by atoms with van der Waals surface area (Å²) in [6.07, 6.45) is 4.15. The molecule has 105 valence electrons. The van der Waals surface area contributed by atoms with Crippen molar-refractivity contribution in [3.05, 3.63) is 36.2 Å². The molecule has 0 heterocycles. The Morgan fingerprint density at radius 2 is 1.89 bits per heavy atom. The van der Waals surface area contributed by atoms with Crippen molar-refractivity contribution in [3.8, 4) is 0 Å². The fraction of sp³-hybridized carbons (Fsp3) is 0.500. The van der Waals surface area contributed by atoms with Gasteiger partial charge in [-0.25, -0.2) is 0 Å². The highest BCUT2D eigenvalue weighted by Crippen LogP contribution is 2.23. The molecule has 3 heteroatoms. The average molecular weight is 281 g/mol. The van der Waals surface area contributed by atoms with Crippen LogP contribution in [0.2, 0.25) is 0 Å². The Morgan fingerprint density at radius 3 is 2.37 bits per heavy atom. The fourth-order valence-electron chi connectivity index (χ4n) is 2.06. The predicted molar refractivity (Wildman–Crippen MR) is 82.7 cm³/mol. The molecule has 1 aromatic carbocycles. The van der Waals surface area contributed by atoms with E-state index in [-0.39, 0.29) is 5.91 Å². The molecule has 0 bridgehead atoms. The quantitative estimate of drug-likeness (QED) is 0.739. The van der Waals surface area contributed by atoms with Gasteiger partial charge < -0.3 is 5.32 Å². The maximum Gasteiger partial charge on any atom is 0.242 e. The number of unbranched alkanes of at least 4 members (excludes halogenated alkanes) is 1. The van der Waals surface area contributed by atoms with E-state index in [9.17, 15) is 4.79 Å². The van der Waals surface area contributed by atoms with E-state index < -0.39 is 5.38 Å². The van der Waals surface area contributed by atoms with E-state index in [1.54, 1.807) is 0 Å². The number of anilines is 1. The zero-order valence-electron chi connectivity index (χ0n) is 11.8. The molecule has 0 aliphatic heterocycles. The molecule has 1 rings (SSSR count). The molecule has 1 atom stereocenters. The van der Waals surface area contributed by atoms with Crippen LogP contribution in [0.5, 0.6) is 0 Å². The van der Waals surface area contributed by atoms with Crippen LogP contribution >= 0.6 is 11.6 Å². The van der Waals surface area contributed by atoms with Gasteiger partial charge in [0.1, 0.15) is 5.38 Å². The second kappa shape index (κ2) is 8.21. The van der Waals surface area contributed by atoms with Gasteiger partial charge in [0.15, 0.2) is 0 Å². The van der Waals surface area contributed by atoms with Gasteiger partial charge in [0.2, 0.25) is 5.91 Å². The van der Waals surface area contributed by atoms with E-state index >= 15 is 0 Å². The monoisotopic (exact) mass is 280 g/mol. The maximum atomic E-state index is 12.1. The lowest BCUT2D eigenvalue weighted by molar-refractivity contribution is -0.116. The summed E-state index contributed by atoms with van der Waals surface area (Å²) in [6, 6.07) is 6.14. The Hall–Kier alpha value is -1.02. The minimum Gasteiger partial charge on any atom is -0.324 e. The van der Waals surface area contributed by atoms with Gasteiger partial charge in [-0.15, -0.1) is 11.6 Å². The van der Waals surface area contributed by atoms with Crippen LogP contribution in [0, 0.1) is 6.92 Å². The SMILES string of the molecule is [CH2]CCCC(Cl)C(=O)Nc1c(CC)cccc1CC. The number of benzene rings is 1. The lowest BCUT2D eigenvalue weighted by Gasteiger charge is -2.16. The molecule has 0 aliphatic carbocycles. The summed E-state index contributed by atoms with van der Waals surface area (Å²) in [5.74, 6) is -0.106. The molecular weight excluding hydrogens is 258 g/mol. The minimum absolute atomic E-state index is 0.106. The Labute approximate surface area is 121 Å². The third kappa shape index (κ3) is 4.54. The van der Waals surface area contributed by atoms with Crippen LogP contribution in [0.1, 0.15) is 44.2 Å². The molecule has 0 fully saturated rings. The lowest BCUT2D eigenvalue weighted by atomic mass is 10.0. The van der Waals surface area contributed by atoms with Crippen molar-refractivity contribution >= 4 is 23.2 Å². The number of hydrogen-bond acceptors (Lipinski definition) is 1. The summed E-state index contributed by atoms with van der Waals surface area (Å²) in [7, 11) is 0. The number of amides is 1. The third-order valence-corrected chi connectivity index (χ3v) is 3.66. The first-order valence-corrected chi connectivity index (χ1v) is 7.42. The number of hydrogen-bond donors (Lipinski definition) is 1. The van der Waals surface area contributed by atoms with Crippen LogP contribution in [0.15, 0.2) is 18.2 Å². The molecule has 1 N–H and O–H groups in total. The largest absolute Gasteiger partial charge is 0.324 e. The van der Waals surface area contributed by atoms with Gasteiger partial charge in [0, 0.05) is 5.69 Å². The van der Waals surface area contributed by atoms with Gasteiger partial charge in [-0.2, -0.15) is 0 Å². The van der Waals surface area contributed by atoms with Crippen molar-refractivity contribution < 1.29 is 4.79 Å². The first-order chi connectivity index (χ1) is 9.13. The van der Waals surface area contributed by atoms with Gasteiger partial charge in [-0.1, -0.05) is 51.8 Å². The van der Waals surface area contributed by atoms with E-state index in [1.807, 2.05) is 18.2 Å². The Kier molecular flexibility index (Phi) is 6.93. The maximum absolute atomic E-state index is 12.1. The van der Waals surface area contributed by atoms with Crippen molar-refractivity contribution in [2.45, 2.75) is 51.3 Å². The molecule has 0 saturated carbocycles. The number of para-hydroxylation sites is 1. The zero-order chi connectivity index (χ0) is 14.3. The van der Waals surface area contributed by atoms with E-state index in [0.29, 0.717) is 6.42 Å². The molecule has 1 unspecified atom stereocenters. The zero-order valence-corrected chi connectivity index (χ0v) is 12.6. The van der Waals surface area contributed by atoms with Gasteiger partial charge in [-0.3, -0.25) is 4.79 Å². The Balaban J connectivity index is 2.83. The highest BCUT2D eigenvalue weighted by Gasteiger charge is 2.17. The van der Waals surface area contributed by atoms with E-state index in [1.165, 1.54) is 0 Å². The molecule has 0 saturated heterocycles. The summed E-state index contributed by atoms with van der Waals surface area (Å²) in [5.41, 5.74) is 3.26. The lowest BCUT2D eigenvalue weighted by Crippen LogP contribution is -2.24. The number of nitrogens with one attached hydrogen (secondary N) is 1. The van der Waals surface area contributed by atoms with E-state index in [2.05, 4.69) is 26.1 Å². The average Bonchev–Trinajstić information content (AvgIpc) is 2.44. The Morgan fingerprint density at radius 1 is 1.32 bits per heavy atom. The van der Waals surface area contributed by atoms with Crippen LogP contribution in [-0.4, -0.2) is 11.3 Å². The standard InChI is InChI=1S/C16H23ClNO/c1-4-7-11-14(17)16(19)18-15-12(5-2)9-8-10-13(15)6-3/h8-10,14H,1,4-7,11H2,2-3H3,(H,18,19). The van der Waals surface area contributed by atoms with E-state index in [0.717, 1.165) is 42.5 Å². The number of carbonyl (C=O) groups excluding carboxylic acids is 1. The van der Waals surface area contributed by atoms with Crippen molar-refractivity contribution in [2.24, 2.45) is 0 Å². The van der Waals surface area contributed by atoms with Gasteiger partial charge >= 0.3 is 0 Å².